The molecule has 2 unspecified atom stereocenters. The number of carboxylic acid groups (broad SMARTS) is 1. The van der Waals surface area contributed by atoms with Gasteiger partial charge in [-0.2, -0.15) is 0 Å². The quantitative estimate of drug-likeness (QED) is 0.618. The molecule has 1 heterocycles. The minimum absolute atomic E-state index is 0.0827. The van der Waals surface area contributed by atoms with Crippen molar-refractivity contribution in [1.29, 1.82) is 0 Å². The van der Waals surface area contributed by atoms with Crippen LogP contribution in [-0.4, -0.2) is 61.3 Å². The molecule has 0 aromatic rings. The van der Waals surface area contributed by atoms with E-state index in [2.05, 4.69) is 5.32 Å². The van der Waals surface area contributed by atoms with E-state index in [1.807, 2.05) is 11.8 Å². The van der Waals surface area contributed by atoms with E-state index in [4.69, 9.17) is 9.84 Å². The van der Waals surface area contributed by atoms with Gasteiger partial charge in [0.1, 0.15) is 0 Å². The average molecular weight is 244 g/mol. The number of hydrogen-bond donors (Lipinski definition) is 2. The highest BCUT2D eigenvalue weighted by Crippen LogP contribution is 2.23. The highest BCUT2D eigenvalue weighted by molar-refractivity contribution is 5.78. The smallest absolute Gasteiger partial charge is 0.308 e. The molecule has 0 aromatic carbocycles. The molecule has 17 heavy (non-hydrogen) atoms. The molecular weight excluding hydrogens is 224 g/mol. The van der Waals surface area contributed by atoms with Crippen molar-refractivity contribution in [2.75, 3.05) is 33.4 Å². The van der Waals surface area contributed by atoms with Gasteiger partial charge >= 0.3 is 5.97 Å². The van der Waals surface area contributed by atoms with Gasteiger partial charge in [-0.05, 0) is 19.9 Å². The maximum absolute atomic E-state index is 11.5. The lowest BCUT2D eigenvalue weighted by atomic mass is 10.0. The van der Waals surface area contributed by atoms with Crippen LogP contribution in [-0.2, 0) is 14.3 Å². The number of amides is 1. The third kappa shape index (κ3) is 3.98. The number of rotatable bonds is 6. The van der Waals surface area contributed by atoms with E-state index in [9.17, 15) is 9.59 Å². The van der Waals surface area contributed by atoms with Crippen molar-refractivity contribution in [2.45, 2.75) is 19.4 Å². The van der Waals surface area contributed by atoms with E-state index < -0.39 is 5.97 Å². The zero-order valence-corrected chi connectivity index (χ0v) is 10.3. The lowest BCUT2D eigenvalue weighted by molar-refractivity contribution is -0.142. The predicted octanol–water partition coefficient (Wildman–Crippen LogP) is -0.456. The van der Waals surface area contributed by atoms with Gasteiger partial charge < -0.3 is 15.2 Å². The first-order valence-electron chi connectivity index (χ1n) is 5.78. The molecule has 1 aliphatic heterocycles. The minimum atomic E-state index is -0.778. The van der Waals surface area contributed by atoms with Crippen LogP contribution in [0.2, 0.25) is 0 Å². The number of aliphatic carboxylic acids is 1. The Hall–Kier alpha value is -1.14. The molecule has 1 fully saturated rings. The first kappa shape index (κ1) is 13.9. The first-order chi connectivity index (χ1) is 8.06. The highest BCUT2D eigenvalue weighted by atomic mass is 16.5. The number of carbonyl (C=O) groups excluding carboxylic acids is 1. The zero-order valence-electron chi connectivity index (χ0n) is 10.3. The second-order valence-corrected chi connectivity index (χ2v) is 4.29. The summed E-state index contributed by atoms with van der Waals surface area (Å²) < 4.78 is 4.83. The third-order valence-corrected chi connectivity index (χ3v) is 3.18. The number of nitrogens with one attached hydrogen (secondary N) is 1. The largest absolute Gasteiger partial charge is 0.481 e. The van der Waals surface area contributed by atoms with Crippen molar-refractivity contribution >= 4 is 11.9 Å². The van der Waals surface area contributed by atoms with Gasteiger partial charge in [-0.1, -0.05) is 0 Å². The van der Waals surface area contributed by atoms with E-state index in [1.165, 1.54) is 0 Å². The van der Waals surface area contributed by atoms with E-state index in [0.717, 1.165) is 0 Å². The van der Waals surface area contributed by atoms with Crippen LogP contribution in [0.15, 0.2) is 0 Å². The van der Waals surface area contributed by atoms with E-state index in [-0.39, 0.29) is 24.4 Å². The molecule has 0 bridgehead atoms. The number of nitrogens with zero attached hydrogens (tertiary/aromatic N) is 1. The van der Waals surface area contributed by atoms with Crippen LogP contribution in [0.5, 0.6) is 0 Å². The normalized spacial score (nSPS) is 24.8. The Kier molecular flexibility index (Phi) is 5.37. The van der Waals surface area contributed by atoms with Gasteiger partial charge in [0.25, 0.3) is 0 Å². The van der Waals surface area contributed by atoms with Crippen LogP contribution in [0.1, 0.15) is 13.3 Å². The zero-order chi connectivity index (χ0) is 12.8. The van der Waals surface area contributed by atoms with E-state index in [0.29, 0.717) is 26.1 Å². The van der Waals surface area contributed by atoms with Gasteiger partial charge in [0, 0.05) is 19.7 Å². The van der Waals surface area contributed by atoms with Crippen molar-refractivity contribution in [3.63, 3.8) is 0 Å². The van der Waals surface area contributed by atoms with Crippen LogP contribution in [0.25, 0.3) is 0 Å². The standard InChI is InChI=1S/C11H20N2O4/c1-8-9(11(15)16)3-5-13(8)7-10(14)12-4-6-17-2/h8-9H,3-7H2,1-2H3,(H,12,14)(H,15,16). The Bertz CT molecular complexity index is 283. The Morgan fingerprint density at radius 3 is 2.76 bits per heavy atom. The van der Waals surface area contributed by atoms with Gasteiger partial charge in [0.05, 0.1) is 19.1 Å². The Morgan fingerprint density at radius 1 is 1.53 bits per heavy atom. The van der Waals surface area contributed by atoms with E-state index in [1.54, 1.807) is 7.11 Å². The van der Waals surface area contributed by atoms with Crippen molar-refractivity contribution < 1.29 is 19.4 Å². The molecule has 1 aliphatic rings. The topological polar surface area (TPSA) is 78.9 Å². The summed E-state index contributed by atoms with van der Waals surface area (Å²) in [4.78, 5) is 24.4. The summed E-state index contributed by atoms with van der Waals surface area (Å²) in [6.45, 7) is 3.75. The van der Waals surface area contributed by atoms with Gasteiger partial charge in [-0.3, -0.25) is 14.5 Å². The highest BCUT2D eigenvalue weighted by Gasteiger charge is 2.36. The van der Waals surface area contributed by atoms with Crippen LogP contribution in [0.4, 0.5) is 0 Å². The van der Waals surface area contributed by atoms with E-state index >= 15 is 0 Å². The van der Waals surface area contributed by atoms with Crippen molar-refractivity contribution in [3.8, 4) is 0 Å². The van der Waals surface area contributed by atoms with Crippen LogP contribution < -0.4 is 5.32 Å². The lowest BCUT2D eigenvalue weighted by Gasteiger charge is -2.22. The van der Waals surface area contributed by atoms with Crippen LogP contribution >= 0.6 is 0 Å². The van der Waals surface area contributed by atoms with Crippen LogP contribution in [0.3, 0.4) is 0 Å². The lowest BCUT2D eigenvalue weighted by Crippen LogP contribution is -2.41. The molecule has 1 amide bonds. The van der Waals surface area contributed by atoms with Gasteiger partial charge in [0.2, 0.25) is 5.91 Å². The summed E-state index contributed by atoms with van der Waals surface area (Å²) in [5.41, 5.74) is 0. The summed E-state index contributed by atoms with van der Waals surface area (Å²) in [5.74, 6) is -1.22. The Labute approximate surface area is 101 Å². The first-order valence-corrected chi connectivity index (χ1v) is 5.78. The molecule has 6 nitrogen and oxygen atoms in total. The summed E-state index contributed by atoms with van der Waals surface area (Å²) >= 11 is 0. The Balaban J connectivity index is 2.33. The number of carboxylic acids is 1. The molecule has 0 aromatic heterocycles. The third-order valence-electron chi connectivity index (χ3n) is 3.18. The molecule has 98 valence electrons. The maximum atomic E-state index is 11.5. The molecule has 1 saturated heterocycles. The molecule has 0 radical (unpaired) electrons. The fourth-order valence-electron chi connectivity index (χ4n) is 2.09. The van der Waals surface area contributed by atoms with Crippen molar-refractivity contribution in [3.05, 3.63) is 0 Å². The summed E-state index contributed by atoms with van der Waals surface area (Å²) in [5, 5.41) is 11.7. The van der Waals surface area contributed by atoms with Crippen LogP contribution in [0, 0.1) is 5.92 Å². The fourth-order valence-corrected chi connectivity index (χ4v) is 2.09. The molecule has 0 spiro atoms. The molecule has 2 atom stereocenters. The number of methoxy groups -OCH3 is 1. The number of likely N-dealkylation sites (tertiary alicyclic amines) is 1. The second-order valence-electron chi connectivity index (χ2n) is 4.29. The molecule has 6 heteroatoms. The van der Waals surface area contributed by atoms with Gasteiger partial charge in [-0.25, -0.2) is 0 Å². The number of hydrogen-bond acceptors (Lipinski definition) is 4. The number of carbonyl (C=O) groups is 2. The van der Waals surface area contributed by atoms with Gasteiger partial charge in [-0.15, -0.1) is 0 Å². The maximum Gasteiger partial charge on any atom is 0.308 e. The molecule has 2 N–H and O–H groups in total. The molecule has 0 aliphatic carbocycles. The average Bonchev–Trinajstić information content (AvgIpc) is 2.61. The van der Waals surface area contributed by atoms with Gasteiger partial charge in [0.15, 0.2) is 0 Å². The fraction of sp³-hybridized carbons (Fsp3) is 0.818. The summed E-state index contributed by atoms with van der Waals surface area (Å²) in [7, 11) is 1.58. The molecular formula is C11H20N2O4. The second kappa shape index (κ2) is 6.56. The molecule has 1 rings (SSSR count). The predicted molar refractivity (Wildman–Crippen MR) is 61.7 cm³/mol. The minimum Gasteiger partial charge on any atom is -0.481 e. The Morgan fingerprint density at radius 2 is 2.24 bits per heavy atom. The monoisotopic (exact) mass is 244 g/mol. The molecule has 0 saturated carbocycles. The summed E-state index contributed by atoms with van der Waals surface area (Å²) in [6, 6.07) is -0.0827. The number of ether oxygens (including phenoxy) is 1. The van der Waals surface area contributed by atoms with Crippen molar-refractivity contribution in [2.24, 2.45) is 5.92 Å². The summed E-state index contributed by atoms with van der Waals surface area (Å²) in [6.07, 6.45) is 0.613. The SMILES string of the molecule is COCCNC(=O)CN1CCC(C(=O)O)C1C. The van der Waals surface area contributed by atoms with Crippen molar-refractivity contribution in [1.82, 2.24) is 10.2 Å².